The van der Waals surface area contributed by atoms with Crippen LogP contribution in [0.2, 0.25) is 0 Å². The molecule has 0 saturated carbocycles. The van der Waals surface area contributed by atoms with Gasteiger partial charge >= 0.3 is 0 Å². The molecule has 0 unspecified atom stereocenters. The first kappa shape index (κ1) is 15.0. The molecule has 2 amide bonds. The first-order valence-corrected chi connectivity index (χ1v) is 7.54. The van der Waals surface area contributed by atoms with Crippen molar-refractivity contribution in [1.29, 1.82) is 0 Å². The van der Waals surface area contributed by atoms with E-state index in [4.69, 9.17) is 0 Å². The molecule has 0 fully saturated rings. The van der Waals surface area contributed by atoms with Crippen molar-refractivity contribution < 1.29 is 9.59 Å². The van der Waals surface area contributed by atoms with E-state index in [9.17, 15) is 9.59 Å². The van der Waals surface area contributed by atoms with Gasteiger partial charge in [-0.05, 0) is 36.2 Å². The third-order valence-electron chi connectivity index (χ3n) is 3.71. The summed E-state index contributed by atoms with van der Waals surface area (Å²) in [6, 6.07) is 10.7. The third kappa shape index (κ3) is 3.85. The Labute approximate surface area is 134 Å². The van der Waals surface area contributed by atoms with Gasteiger partial charge in [0.25, 0.3) is 0 Å². The molecule has 1 aromatic carbocycles. The standard InChI is InChI=1S/C17H18N4O2/c22-16(19-10-7-12-5-8-18-9-6-12)11-15-17(23)21-14-4-2-1-3-13(14)20-15/h1-6,8-9,15,20H,7,10-11H2,(H,19,22)(H,21,23)/t15-/m1/s1. The molecule has 1 aromatic heterocycles. The molecule has 0 saturated heterocycles. The fraction of sp³-hybridized carbons (Fsp3) is 0.235. The van der Waals surface area contributed by atoms with Crippen LogP contribution in [0.3, 0.4) is 0 Å². The topological polar surface area (TPSA) is 83.1 Å². The fourth-order valence-corrected chi connectivity index (χ4v) is 2.49. The minimum absolute atomic E-state index is 0.108. The van der Waals surface area contributed by atoms with Gasteiger partial charge in [0.15, 0.2) is 0 Å². The van der Waals surface area contributed by atoms with E-state index >= 15 is 0 Å². The van der Waals surface area contributed by atoms with Gasteiger partial charge in [0, 0.05) is 18.9 Å². The Balaban J connectivity index is 1.49. The number of fused-ring (bicyclic) bond motifs is 1. The highest BCUT2D eigenvalue weighted by Crippen LogP contribution is 2.26. The van der Waals surface area contributed by atoms with Crippen molar-refractivity contribution >= 4 is 23.2 Å². The number of anilines is 2. The van der Waals surface area contributed by atoms with Crippen LogP contribution in [0, 0.1) is 0 Å². The van der Waals surface area contributed by atoms with Gasteiger partial charge < -0.3 is 16.0 Å². The van der Waals surface area contributed by atoms with Crippen molar-refractivity contribution in [2.75, 3.05) is 17.2 Å². The molecule has 3 rings (SSSR count). The van der Waals surface area contributed by atoms with Crippen LogP contribution in [0.4, 0.5) is 11.4 Å². The number of rotatable bonds is 5. The van der Waals surface area contributed by atoms with Crippen LogP contribution in [0.1, 0.15) is 12.0 Å². The van der Waals surface area contributed by atoms with Crippen molar-refractivity contribution in [2.45, 2.75) is 18.9 Å². The summed E-state index contributed by atoms with van der Waals surface area (Å²) in [4.78, 5) is 28.0. The monoisotopic (exact) mass is 310 g/mol. The lowest BCUT2D eigenvalue weighted by atomic mass is 10.1. The van der Waals surface area contributed by atoms with Gasteiger partial charge in [-0.2, -0.15) is 0 Å². The van der Waals surface area contributed by atoms with Crippen LogP contribution < -0.4 is 16.0 Å². The number of para-hydroxylation sites is 2. The number of nitrogens with one attached hydrogen (secondary N) is 3. The van der Waals surface area contributed by atoms with Gasteiger partial charge in [-0.25, -0.2) is 0 Å². The summed E-state index contributed by atoms with van der Waals surface area (Å²) in [5, 5.41) is 8.76. The van der Waals surface area contributed by atoms with Crippen LogP contribution in [-0.4, -0.2) is 29.4 Å². The van der Waals surface area contributed by atoms with Crippen molar-refractivity contribution in [2.24, 2.45) is 0 Å². The van der Waals surface area contributed by atoms with Gasteiger partial charge in [0.2, 0.25) is 11.8 Å². The SMILES string of the molecule is O=C(C[C@H]1Nc2ccccc2NC1=O)NCCc1ccncc1. The molecule has 0 spiro atoms. The van der Waals surface area contributed by atoms with E-state index in [1.54, 1.807) is 12.4 Å². The zero-order chi connectivity index (χ0) is 16.1. The van der Waals surface area contributed by atoms with Gasteiger partial charge in [-0.3, -0.25) is 14.6 Å². The lowest BCUT2D eigenvalue weighted by Gasteiger charge is -2.26. The maximum atomic E-state index is 12.0. The number of amides is 2. The van der Waals surface area contributed by atoms with E-state index in [1.807, 2.05) is 36.4 Å². The van der Waals surface area contributed by atoms with Crippen LogP contribution in [0.25, 0.3) is 0 Å². The van der Waals surface area contributed by atoms with Crippen molar-refractivity contribution in [3.8, 4) is 0 Å². The van der Waals surface area contributed by atoms with E-state index in [0.29, 0.717) is 6.54 Å². The summed E-state index contributed by atoms with van der Waals surface area (Å²) in [6.07, 6.45) is 4.30. The van der Waals surface area contributed by atoms with Crippen LogP contribution in [0.5, 0.6) is 0 Å². The van der Waals surface area contributed by atoms with E-state index in [1.165, 1.54) is 0 Å². The third-order valence-corrected chi connectivity index (χ3v) is 3.71. The molecule has 2 heterocycles. The quantitative estimate of drug-likeness (QED) is 0.783. The molecule has 0 bridgehead atoms. The molecule has 2 aromatic rings. The summed E-state index contributed by atoms with van der Waals surface area (Å²) < 4.78 is 0. The molecule has 6 heteroatoms. The maximum absolute atomic E-state index is 12.0. The molecule has 1 aliphatic rings. The number of nitrogens with zero attached hydrogens (tertiary/aromatic N) is 1. The zero-order valence-corrected chi connectivity index (χ0v) is 12.6. The lowest BCUT2D eigenvalue weighted by molar-refractivity contribution is -0.124. The Bertz CT molecular complexity index is 703. The van der Waals surface area contributed by atoms with Crippen molar-refractivity contribution in [1.82, 2.24) is 10.3 Å². The minimum atomic E-state index is -0.550. The van der Waals surface area contributed by atoms with Gasteiger partial charge in [0.05, 0.1) is 17.8 Å². The van der Waals surface area contributed by atoms with Crippen LogP contribution in [0.15, 0.2) is 48.8 Å². The van der Waals surface area contributed by atoms with Crippen molar-refractivity contribution in [3.63, 3.8) is 0 Å². The number of pyridine rings is 1. The highest BCUT2D eigenvalue weighted by Gasteiger charge is 2.26. The van der Waals surface area contributed by atoms with E-state index < -0.39 is 6.04 Å². The highest BCUT2D eigenvalue weighted by molar-refractivity contribution is 6.04. The summed E-state index contributed by atoms with van der Waals surface area (Å²) >= 11 is 0. The van der Waals surface area contributed by atoms with E-state index in [0.717, 1.165) is 23.4 Å². The van der Waals surface area contributed by atoms with Crippen LogP contribution in [-0.2, 0) is 16.0 Å². The minimum Gasteiger partial charge on any atom is -0.372 e. The van der Waals surface area contributed by atoms with E-state index in [-0.39, 0.29) is 18.2 Å². The second-order valence-electron chi connectivity index (χ2n) is 5.39. The molecule has 0 aliphatic carbocycles. The second-order valence-corrected chi connectivity index (χ2v) is 5.39. The fourth-order valence-electron chi connectivity index (χ4n) is 2.49. The van der Waals surface area contributed by atoms with Crippen molar-refractivity contribution in [3.05, 3.63) is 54.4 Å². The first-order chi connectivity index (χ1) is 11.2. The Morgan fingerprint density at radius 2 is 1.87 bits per heavy atom. The number of carbonyl (C=O) groups excluding carboxylic acids is 2. The van der Waals surface area contributed by atoms with Crippen LogP contribution >= 0.6 is 0 Å². The second kappa shape index (κ2) is 6.91. The lowest BCUT2D eigenvalue weighted by Crippen LogP contribution is -2.42. The Hall–Kier alpha value is -2.89. The molecule has 6 nitrogen and oxygen atoms in total. The Morgan fingerprint density at radius 3 is 2.65 bits per heavy atom. The Kier molecular flexibility index (Phi) is 4.52. The smallest absolute Gasteiger partial charge is 0.247 e. The summed E-state index contributed by atoms with van der Waals surface area (Å²) in [6.45, 7) is 0.535. The number of hydrogen-bond acceptors (Lipinski definition) is 4. The average molecular weight is 310 g/mol. The summed E-state index contributed by atoms with van der Waals surface area (Å²) in [5.74, 6) is -0.334. The average Bonchev–Trinajstić information content (AvgIpc) is 2.56. The van der Waals surface area contributed by atoms with E-state index in [2.05, 4.69) is 20.9 Å². The molecule has 1 atom stereocenters. The predicted molar refractivity (Wildman–Crippen MR) is 88.1 cm³/mol. The number of aromatic nitrogens is 1. The molecule has 23 heavy (non-hydrogen) atoms. The normalized spacial score (nSPS) is 16.0. The molecule has 1 aliphatic heterocycles. The first-order valence-electron chi connectivity index (χ1n) is 7.54. The summed E-state index contributed by atoms with van der Waals surface area (Å²) in [7, 11) is 0. The molecule has 3 N–H and O–H groups in total. The number of benzene rings is 1. The zero-order valence-electron chi connectivity index (χ0n) is 12.6. The number of hydrogen-bond donors (Lipinski definition) is 3. The highest BCUT2D eigenvalue weighted by atomic mass is 16.2. The van der Waals surface area contributed by atoms with Gasteiger partial charge in [-0.1, -0.05) is 12.1 Å². The largest absolute Gasteiger partial charge is 0.372 e. The maximum Gasteiger partial charge on any atom is 0.247 e. The number of carbonyl (C=O) groups is 2. The molecule has 0 radical (unpaired) electrons. The molecular formula is C17H18N4O2. The van der Waals surface area contributed by atoms with Gasteiger partial charge in [-0.15, -0.1) is 0 Å². The predicted octanol–water partition coefficient (Wildman–Crippen LogP) is 1.56. The van der Waals surface area contributed by atoms with Gasteiger partial charge in [0.1, 0.15) is 6.04 Å². The molecular weight excluding hydrogens is 292 g/mol. The molecule has 118 valence electrons. The Morgan fingerprint density at radius 1 is 1.13 bits per heavy atom. The summed E-state index contributed by atoms with van der Waals surface area (Å²) in [5.41, 5.74) is 2.69.